The SMILES string of the molecule is CNC1CCN(S(=O)(=O)c2ccc(C(=O)OC)cc2Cl)CC1.Cl. The highest BCUT2D eigenvalue weighted by molar-refractivity contribution is 7.89. The first-order chi connectivity index (χ1) is 10.4. The molecule has 1 heterocycles. The van der Waals surface area contributed by atoms with Crippen molar-refractivity contribution < 1.29 is 17.9 Å². The molecular formula is C14H20Cl2N2O4S. The number of benzene rings is 1. The number of hydrogen-bond donors (Lipinski definition) is 1. The van der Waals surface area contributed by atoms with E-state index in [1.807, 2.05) is 7.05 Å². The second kappa shape index (κ2) is 8.30. The molecule has 0 aliphatic carbocycles. The van der Waals surface area contributed by atoms with Crippen LogP contribution in [0.4, 0.5) is 0 Å². The van der Waals surface area contributed by atoms with Gasteiger partial charge in [-0.15, -0.1) is 12.4 Å². The van der Waals surface area contributed by atoms with Gasteiger partial charge in [-0.2, -0.15) is 4.31 Å². The van der Waals surface area contributed by atoms with Crippen molar-refractivity contribution in [1.82, 2.24) is 9.62 Å². The number of nitrogens with zero attached hydrogens (tertiary/aromatic N) is 1. The highest BCUT2D eigenvalue weighted by atomic mass is 35.5. The van der Waals surface area contributed by atoms with Crippen LogP contribution in [0.3, 0.4) is 0 Å². The summed E-state index contributed by atoms with van der Waals surface area (Å²) in [6, 6.07) is 4.42. The van der Waals surface area contributed by atoms with Gasteiger partial charge in [0, 0.05) is 19.1 Å². The fraction of sp³-hybridized carbons (Fsp3) is 0.500. The molecule has 23 heavy (non-hydrogen) atoms. The number of halogens is 2. The monoisotopic (exact) mass is 382 g/mol. The van der Waals surface area contributed by atoms with Gasteiger partial charge in [0.05, 0.1) is 17.7 Å². The standard InChI is InChI=1S/C14H19ClN2O4S.ClH/c1-16-11-5-7-17(8-6-11)22(19,20)13-4-3-10(9-12(13)15)14(18)21-2;/h3-4,9,11,16H,5-8H2,1-2H3;1H. The van der Waals surface area contributed by atoms with Crippen LogP contribution in [0.5, 0.6) is 0 Å². The molecule has 1 aliphatic rings. The molecule has 1 N–H and O–H groups in total. The average molecular weight is 383 g/mol. The van der Waals surface area contributed by atoms with Crippen LogP contribution in [0.25, 0.3) is 0 Å². The fourth-order valence-corrected chi connectivity index (χ4v) is 4.47. The summed E-state index contributed by atoms with van der Waals surface area (Å²) in [5.41, 5.74) is 0.223. The highest BCUT2D eigenvalue weighted by Crippen LogP contribution is 2.28. The van der Waals surface area contributed by atoms with Gasteiger partial charge in [0.15, 0.2) is 0 Å². The second-order valence-corrected chi connectivity index (χ2v) is 7.42. The van der Waals surface area contributed by atoms with Gasteiger partial charge >= 0.3 is 5.97 Å². The van der Waals surface area contributed by atoms with Gasteiger partial charge in [0.2, 0.25) is 10.0 Å². The Labute approximate surface area is 147 Å². The first-order valence-electron chi connectivity index (χ1n) is 6.95. The minimum Gasteiger partial charge on any atom is -0.465 e. The number of ether oxygens (including phenoxy) is 1. The van der Waals surface area contributed by atoms with Gasteiger partial charge in [-0.05, 0) is 38.1 Å². The molecule has 9 heteroatoms. The number of nitrogens with one attached hydrogen (secondary N) is 1. The Balaban J connectivity index is 0.00000264. The number of carbonyl (C=O) groups excluding carboxylic acids is 1. The maximum absolute atomic E-state index is 12.7. The zero-order valence-electron chi connectivity index (χ0n) is 12.9. The highest BCUT2D eigenvalue weighted by Gasteiger charge is 2.30. The summed E-state index contributed by atoms with van der Waals surface area (Å²) in [5.74, 6) is -0.555. The van der Waals surface area contributed by atoms with Gasteiger partial charge in [-0.3, -0.25) is 0 Å². The van der Waals surface area contributed by atoms with Crippen molar-refractivity contribution >= 4 is 40.0 Å². The minimum atomic E-state index is -3.65. The Kier molecular flexibility index (Phi) is 7.29. The van der Waals surface area contributed by atoms with E-state index >= 15 is 0 Å². The zero-order valence-corrected chi connectivity index (χ0v) is 15.3. The molecule has 1 aromatic carbocycles. The Bertz CT molecular complexity index is 659. The van der Waals surface area contributed by atoms with Crippen molar-refractivity contribution in [2.24, 2.45) is 0 Å². The predicted octanol–water partition coefficient (Wildman–Crippen LogP) is 1.92. The van der Waals surface area contributed by atoms with E-state index in [0.29, 0.717) is 19.1 Å². The molecule has 0 saturated carbocycles. The quantitative estimate of drug-likeness (QED) is 0.805. The third-order valence-corrected chi connectivity index (χ3v) is 6.21. The minimum absolute atomic E-state index is 0. The summed E-state index contributed by atoms with van der Waals surface area (Å²) in [4.78, 5) is 11.5. The molecule has 1 aliphatic heterocycles. The molecule has 0 unspecified atom stereocenters. The van der Waals surface area contributed by atoms with Crippen LogP contribution in [0.15, 0.2) is 23.1 Å². The van der Waals surface area contributed by atoms with Gasteiger partial charge < -0.3 is 10.1 Å². The number of esters is 1. The molecule has 1 fully saturated rings. The number of methoxy groups -OCH3 is 1. The van der Waals surface area contributed by atoms with Crippen molar-refractivity contribution in [2.75, 3.05) is 27.2 Å². The molecule has 2 rings (SSSR count). The molecule has 1 saturated heterocycles. The molecule has 6 nitrogen and oxygen atoms in total. The van der Waals surface area contributed by atoms with Crippen molar-refractivity contribution in [1.29, 1.82) is 0 Å². The van der Waals surface area contributed by atoms with E-state index in [9.17, 15) is 13.2 Å². The molecular weight excluding hydrogens is 363 g/mol. The Morgan fingerprint density at radius 3 is 2.43 bits per heavy atom. The molecule has 1 aromatic rings. The topological polar surface area (TPSA) is 75.7 Å². The molecule has 0 aromatic heterocycles. The lowest BCUT2D eigenvalue weighted by Crippen LogP contribution is -2.43. The van der Waals surface area contributed by atoms with Crippen molar-refractivity contribution in [3.8, 4) is 0 Å². The van der Waals surface area contributed by atoms with E-state index in [1.54, 1.807) is 0 Å². The maximum Gasteiger partial charge on any atom is 0.337 e. The summed E-state index contributed by atoms with van der Waals surface area (Å²) in [6.07, 6.45) is 1.52. The summed E-state index contributed by atoms with van der Waals surface area (Å²) < 4.78 is 31.3. The van der Waals surface area contributed by atoms with E-state index in [1.165, 1.54) is 29.6 Å². The van der Waals surface area contributed by atoms with E-state index in [0.717, 1.165) is 12.8 Å². The van der Waals surface area contributed by atoms with Crippen LogP contribution >= 0.6 is 24.0 Å². The molecule has 0 amide bonds. The summed E-state index contributed by atoms with van der Waals surface area (Å²) >= 11 is 6.06. The van der Waals surface area contributed by atoms with Crippen LogP contribution < -0.4 is 5.32 Å². The van der Waals surface area contributed by atoms with Gasteiger partial charge in [-0.1, -0.05) is 11.6 Å². The van der Waals surface area contributed by atoms with Gasteiger partial charge in [0.25, 0.3) is 0 Å². The summed E-state index contributed by atoms with van der Waals surface area (Å²) in [6.45, 7) is 0.895. The maximum atomic E-state index is 12.7. The van der Waals surface area contributed by atoms with E-state index in [4.69, 9.17) is 11.6 Å². The second-order valence-electron chi connectivity index (χ2n) is 5.10. The van der Waals surface area contributed by atoms with Crippen LogP contribution in [0, 0.1) is 0 Å². The van der Waals surface area contributed by atoms with E-state index in [2.05, 4.69) is 10.1 Å². The average Bonchev–Trinajstić information content (AvgIpc) is 2.53. The Morgan fingerprint density at radius 1 is 1.35 bits per heavy atom. The van der Waals surface area contributed by atoms with Crippen molar-refractivity contribution in [3.05, 3.63) is 28.8 Å². The zero-order chi connectivity index (χ0) is 16.3. The lowest BCUT2D eigenvalue weighted by Gasteiger charge is -2.31. The van der Waals surface area contributed by atoms with Crippen LogP contribution in [0.2, 0.25) is 5.02 Å². The largest absolute Gasteiger partial charge is 0.465 e. The smallest absolute Gasteiger partial charge is 0.337 e. The van der Waals surface area contributed by atoms with Crippen molar-refractivity contribution in [2.45, 2.75) is 23.8 Å². The number of sulfonamides is 1. The molecule has 0 bridgehead atoms. The molecule has 0 atom stereocenters. The number of hydrogen-bond acceptors (Lipinski definition) is 5. The molecule has 0 spiro atoms. The first-order valence-corrected chi connectivity index (χ1v) is 8.77. The predicted molar refractivity (Wildman–Crippen MR) is 90.9 cm³/mol. The van der Waals surface area contributed by atoms with Crippen molar-refractivity contribution in [3.63, 3.8) is 0 Å². The van der Waals surface area contributed by atoms with Crippen LogP contribution in [0.1, 0.15) is 23.2 Å². The third-order valence-electron chi connectivity index (χ3n) is 3.83. The Morgan fingerprint density at radius 2 is 1.96 bits per heavy atom. The third kappa shape index (κ3) is 4.36. The summed E-state index contributed by atoms with van der Waals surface area (Å²) in [7, 11) is -0.523. The normalized spacial score (nSPS) is 16.7. The lowest BCUT2D eigenvalue weighted by atomic mass is 10.1. The van der Waals surface area contributed by atoms with E-state index < -0.39 is 16.0 Å². The summed E-state index contributed by atoms with van der Waals surface area (Å²) in [5, 5.41) is 3.18. The van der Waals surface area contributed by atoms with Crippen LogP contribution in [-0.4, -0.2) is 52.0 Å². The van der Waals surface area contributed by atoms with E-state index in [-0.39, 0.29) is 27.9 Å². The number of carbonyl (C=O) groups is 1. The van der Waals surface area contributed by atoms with Gasteiger partial charge in [0.1, 0.15) is 4.90 Å². The first kappa shape index (κ1) is 20.2. The van der Waals surface area contributed by atoms with Crippen LogP contribution in [-0.2, 0) is 14.8 Å². The van der Waals surface area contributed by atoms with Gasteiger partial charge in [-0.25, -0.2) is 13.2 Å². The lowest BCUT2D eigenvalue weighted by molar-refractivity contribution is 0.0600. The number of piperidine rings is 1. The molecule has 130 valence electrons. The Hall–Kier alpha value is -0.860. The molecule has 0 radical (unpaired) electrons. The fourth-order valence-electron chi connectivity index (χ4n) is 2.48. The number of rotatable bonds is 4.